The Morgan fingerprint density at radius 1 is 1.00 bits per heavy atom. The number of amides is 3. The average molecular weight is 523 g/mol. The fourth-order valence-electron chi connectivity index (χ4n) is 4.01. The molecule has 0 bridgehead atoms. The number of rotatable bonds is 2. The van der Waals surface area contributed by atoms with Gasteiger partial charge in [-0.1, -0.05) is 66.2 Å². The van der Waals surface area contributed by atoms with E-state index in [1.165, 1.54) is 17.5 Å². The van der Waals surface area contributed by atoms with E-state index in [1.54, 1.807) is 6.08 Å². The van der Waals surface area contributed by atoms with Crippen molar-refractivity contribution in [3.8, 4) is 5.75 Å². The number of aliphatic hydroxyl groups is 1. The van der Waals surface area contributed by atoms with Crippen LogP contribution in [-0.2, 0) is 14.4 Å². The summed E-state index contributed by atoms with van der Waals surface area (Å²) in [6, 6.07) is 16.3. The number of benzene rings is 2. The largest absolute Gasteiger partial charge is 0.492 e. The molecule has 1 saturated carbocycles. The van der Waals surface area contributed by atoms with Gasteiger partial charge >= 0.3 is 0 Å². The van der Waals surface area contributed by atoms with E-state index >= 15 is 0 Å². The van der Waals surface area contributed by atoms with E-state index < -0.39 is 24.6 Å². The molecule has 9 heteroatoms. The average Bonchev–Trinajstić information content (AvgIpc) is 3.76. The first-order chi connectivity index (χ1) is 18.4. The Kier molecular flexibility index (Phi) is 11.3. The summed E-state index contributed by atoms with van der Waals surface area (Å²) in [4.78, 5) is 38.8. The van der Waals surface area contributed by atoms with Crippen LogP contribution in [0.3, 0.4) is 0 Å². The molecule has 4 N–H and O–H groups in total. The number of nitrogens with one attached hydrogen (secondary N) is 3. The number of carbonyl (C=O) groups is 3. The maximum absolute atomic E-state index is 13.0. The van der Waals surface area contributed by atoms with Crippen molar-refractivity contribution >= 4 is 23.8 Å². The van der Waals surface area contributed by atoms with Crippen molar-refractivity contribution in [2.24, 2.45) is 5.92 Å². The number of aryl methyl sites for hydroxylation is 1. The van der Waals surface area contributed by atoms with Crippen LogP contribution in [0.1, 0.15) is 24.0 Å². The van der Waals surface area contributed by atoms with Crippen molar-refractivity contribution in [3.05, 3.63) is 71.8 Å². The van der Waals surface area contributed by atoms with Gasteiger partial charge in [0.15, 0.2) is 0 Å². The Morgan fingerprint density at radius 3 is 2.37 bits per heavy atom. The fourth-order valence-corrected chi connectivity index (χ4v) is 4.01. The SMILES string of the molecule is CN1C(=O)C(C2CC2)NCCOc2ccccc2/C=C/CNC(=O)CNC(=O)C1CO.Cc1ccccc1. The molecule has 204 valence electrons. The van der Waals surface area contributed by atoms with Crippen LogP contribution in [0.15, 0.2) is 60.7 Å². The first kappa shape index (κ1) is 28.9. The molecule has 2 atom stereocenters. The summed E-state index contributed by atoms with van der Waals surface area (Å²) in [7, 11) is 1.50. The standard InChI is InChI=1S/C22H30N4O5.C7H8/c1-26-17(14-27)21(29)25-13-19(28)23-10-4-6-15-5-2-3-7-18(15)31-12-11-24-20(22(26)30)16-8-9-16;1-7-5-3-2-4-6-7/h2-7,16-17,20,24,27H,8-14H2,1H3,(H,23,28)(H,25,29);2-6H,1H3/b6-4+;. The van der Waals surface area contributed by atoms with Crippen molar-refractivity contribution in [1.82, 2.24) is 20.9 Å². The molecule has 2 aromatic carbocycles. The topological polar surface area (TPSA) is 120 Å². The van der Waals surface area contributed by atoms with Crippen LogP contribution >= 0.6 is 0 Å². The van der Waals surface area contributed by atoms with Crippen molar-refractivity contribution < 1.29 is 24.2 Å². The molecule has 1 heterocycles. The molecule has 3 amide bonds. The number of likely N-dealkylation sites (N-methyl/N-ethyl adjacent to an activating group) is 1. The minimum Gasteiger partial charge on any atom is -0.492 e. The van der Waals surface area contributed by atoms with E-state index in [2.05, 4.69) is 35.0 Å². The van der Waals surface area contributed by atoms with Gasteiger partial charge in [-0.2, -0.15) is 0 Å². The van der Waals surface area contributed by atoms with Gasteiger partial charge in [-0.05, 0) is 31.7 Å². The molecule has 1 aliphatic heterocycles. The monoisotopic (exact) mass is 522 g/mol. The molecule has 0 radical (unpaired) electrons. The van der Waals surface area contributed by atoms with Gasteiger partial charge < -0.3 is 30.7 Å². The van der Waals surface area contributed by atoms with Gasteiger partial charge in [0.1, 0.15) is 18.4 Å². The lowest BCUT2D eigenvalue weighted by atomic mass is 10.1. The lowest BCUT2D eigenvalue weighted by Gasteiger charge is -2.30. The van der Waals surface area contributed by atoms with Crippen LogP contribution in [-0.4, -0.2) is 79.7 Å². The second-order valence-electron chi connectivity index (χ2n) is 9.38. The zero-order chi connectivity index (χ0) is 27.3. The number of carbonyl (C=O) groups excluding carboxylic acids is 3. The summed E-state index contributed by atoms with van der Waals surface area (Å²) in [5.74, 6) is -0.287. The van der Waals surface area contributed by atoms with Crippen LogP contribution in [0.2, 0.25) is 0 Å². The van der Waals surface area contributed by atoms with Crippen LogP contribution in [0, 0.1) is 12.8 Å². The highest BCUT2D eigenvalue weighted by Crippen LogP contribution is 2.33. The Morgan fingerprint density at radius 2 is 1.71 bits per heavy atom. The number of aliphatic hydroxyl groups excluding tert-OH is 1. The van der Waals surface area contributed by atoms with Gasteiger partial charge in [-0.3, -0.25) is 14.4 Å². The molecular formula is C29H38N4O5. The first-order valence-corrected chi connectivity index (χ1v) is 13.0. The number of fused-ring (bicyclic) bond motifs is 1. The summed E-state index contributed by atoms with van der Waals surface area (Å²) in [6.45, 7) is 2.43. The number of nitrogens with zero attached hydrogens (tertiary/aromatic N) is 1. The predicted molar refractivity (Wildman–Crippen MR) is 146 cm³/mol. The van der Waals surface area contributed by atoms with Gasteiger partial charge in [0.25, 0.3) is 0 Å². The van der Waals surface area contributed by atoms with Gasteiger partial charge in [-0.25, -0.2) is 0 Å². The van der Waals surface area contributed by atoms with Crippen LogP contribution in [0.4, 0.5) is 0 Å². The Hall–Kier alpha value is -3.69. The molecule has 0 spiro atoms. The number of hydrogen-bond acceptors (Lipinski definition) is 6. The van der Waals surface area contributed by atoms with E-state index in [0.29, 0.717) is 18.9 Å². The summed E-state index contributed by atoms with van der Waals surface area (Å²) in [5.41, 5.74) is 2.20. The van der Waals surface area contributed by atoms with Gasteiger partial charge in [0.05, 0.1) is 19.2 Å². The summed E-state index contributed by atoms with van der Waals surface area (Å²) >= 11 is 0. The van der Waals surface area contributed by atoms with Crippen molar-refractivity contribution in [2.45, 2.75) is 31.8 Å². The highest BCUT2D eigenvalue weighted by Gasteiger charge is 2.39. The van der Waals surface area contributed by atoms with E-state index in [4.69, 9.17) is 4.74 Å². The maximum atomic E-state index is 13.0. The van der Waals surface area contributed by atoms with Gasteiger partial charge in [-0.15, -0.1) is 0 Å². The molecule has 2 unspecified atom stereocenters. The highest BCUT2D eigenvalue weighted by atomic mass is 16.5. The summed E-state index contributed by atoms with van der Waals surface area (Å²) in [6.07, 6.45) is 5.52. The van der Waals surface area contributed by atoms with E-state index in [1.807, 2.05) is 48.5 Å². The third kappa shape index (κ3) is 9.00. The lowest BCUT2D eigenvalue weighted by Crippen LogP contribution is -2.56. The fraction of sp³-hybridized carbons (Fsp3) is 0.414. The molecule has 0 saturated heterocycles. The first-order valence-electron chi connectivity index (χ1n) is 13.0. The minimum absolute atomic E-state index is 0.198. The molecule has 38 heavy (non-hydrogen) atoms. The van der Waals surface area contributed by atoms with E-state index in [9.17, 15) is 19.5 Å². The van der Waals surface area contributed by atoms with Crippen LogP contribution in [0.5, 0.6) is 5.75 Å². The highest BCUT2D eigenvalue weighted by molar-refractivity contribution is 5.92. The molecule has 4 rings (SSSR count). The van der Waals surface area contributed by atoms with Crippen molar-refractivity contribution in [1.29, 1.82) is 0 Å². The van der Waals surface area contributed by atoms with Gasteiger partial charge in [0, 0.05) is 25.7 Å². The smallest absolute Gasteiger partial charge is 0.245 e. The van der Waals surface area contributed by atoms with E-state index in [-0.39, 0.29) is 30.8 Å². The second-order valence-corrected chi connectivity index (χ2v) is 9.38. The minimum atomic E-state index is -1.06. The zero-order valence-corrected chi connectivity index (χ0v) is 22.1. The summed E-state index contributed by atoms with van der Waals surface area (Å²) < 4.78 is 5.89. The van der Waals surface area contributed by atoms with Gasteiger partial charge in [0.2, 0.25) is 17.7 Å². The third-order valence-electron chi connectivity index (χ3n) is 6.37. The maximum Gasteiger partial charge on any atom is 0.245 e. The number of para-hydroxylation sites is 1. The molecule has 1 aliphatic carbocycles. The number of hydrogen-bond donors (Lipinski definition) is 4. The normalized spacial score (nSPS) is 22.3. The molecule has 2 aromatic rings. The lowest BCUT2D eigenvalue weighted by molar-refractivity contribution is -0.142. The molecular weight excluding hydrogens is 484 g/mol. The molecule has 9 nitrogen and oxygen atoms in total. The van der Waals surface area contributed by atoms with Crippen molar-refractivity contribution in [2.75, 3.05) is 39.9 Å². The molecule has 0 aromatic heterocycles. The second kappa shape index (κ2) is 14.9. The van der Waals surface area contributed by atoms with Crippen LogP contribution in [0.25, 0.3) is 6.08 Å². The van der Waals surface area contributed by atoms with E-state index in [0.717, 1.165) is 18.4 Å². The zero-order valence-electron chi connectivity index (χ0n) is 22.1. The molecule has 2 aliphatic rings. The predicted octanol–water partition coefficient (Wildman–Crippen LogP) is 1.51. The quantitative estimate of drug-likeness (QED) is 0.475. The van der Waals surface area contributed by atoms with Crippen LogP contribution < -0.4 is 20.7 Å². The number of ether oxygens (including phenoxy) is 1. The molecule has 1 fully saturated rings. The Balaban J connectivity index is 0.000000494. The Labute approximate surface area is 224 Å². The Bertz CT molecular complexity index is 1090. The summed E-state index contributed by atoms with van der Waals surface area (Å²) in [5, 5.41) is 18.1. The van der Waals surface area contributed by atoms with Crippen molar-refractivity contribution in [3.63, 3.8) is 0 Å². The third-order valence-corrected chi connectivity index (χ3v) is 6.37.